The Morgan fingerprint density at radius 2 is 2.30 bits per heavy atom. The minimum atomic E-state index is 0.0570. The number of likely N-dealkylation sites (N-methyl/N-ethyl adjacent to an activating group) is 1. The lowest BCUT2D eigenvalue weighted by molar-refractivity contribution is 0.0806. The maximum Gasteiger partial charge on any atom is 0.251 e. The highest BCUT2D eigenvalue weighted by molar-refractivity contribution is 5.96. The number of aryl methyl sites for hydroxylation is 1. The van der Waals surface area contributed by atoms with Crippen molar-refractivity contribution in [3.05, 3.63) is 34.9 Å². The Morgan fingerprint density at radius 3 is 3.05 bits per heavy atom. The quantitative estimate of drug-likeness (QED) is 0.883. The molecule has 0 aliphatic carbocycles. The summed E-state index contributed by atoms with van der Waals surface area (Å²) >= 11 is 0. The van der Waals surface area contributed by atoms with Crippen LogP contribution in [0.15, 0.2) is 18.2 Å². The monoisotopic (exact) mass is 274 g/mol. The van der Waals surface area contributed by atoms with Gasteiger partial charge >= 0.3 is 0 Å². The van der Waals surface area contributed by atoms with Crippen LogP contribution in [-0.2, 0) is 11.2 Å². The number of amides is 1. The zero-order chi connectivity index (χ0) is 13.9. The number of carbonyl (C=O) groups is 1. The van der Waals surface area contributed by atoms with E-state index in [1.54, 1.807) is 0 Å². The van der Waals surface area contributed by atoms with E-state index in [1.807, 2.05) is 13.1 Å². The van der Waals surface area contributed by atoms with E-state index < -0.39 is 0 Å². The molecular weight excluding hydrogens is 252 g/mol. The molecule has 3 rings (SSSR count). The van der Waals surface area contributed by atoms with Crippen molar-refractivity contribution in [3.63, 3.8) is 0 Å². The number of hydrogen-bond acceptors (Lipinski definition) is 3. The summed E-state index contributed by atoms with van der Waals surface area (Å²) in [6.07, 6.45) is 4.40. The molecule has 1 fully saturated rings. The zero-order valence-electron chi connectivity index (χ0n) is 11.9. The van der Waals surface area contributed by atoms with E-state index in [4.69, 9.17) is 4.74 Å². The lowest BCUT2D eigenvalue weighted by Crippen LogP contribution is -2.29. The van der Waals surface area contributed by atoms with E-state index in [2.05, 4.69) is 22.8 Å². The van der Waals surface area contributed by atoms with E-state index in [0.29, 0.717) is 0 Å². The van der Waals surface area contributed by atoms with E-state index >= 15 is 0 Å². The van der Waals surface area contributed by atoms with Gasteiger partial charge in [0.15, 0.2) is 0 Å². The van der Waals surface area contributed by atoms with Gasteiger partial charge in [0.25, 0.3) is 5.91 Å². The van der Waals surface area contributed by atoms with Gasteiger partial charge in [-0.15, -0.1) is 0 Å². The SMILES string of the molecule is CNC(c1ccc2c(c1)C(=O)NCCC2)C1CCCO1. The first-order chi connectivity index (χ1) is 9.79. The first-order valence-corrected chi connectivity index (χ1v) is 7.49. The number of benzene rings is 1. The smallest absolute Gasteiger partial charge is 0.251 e. The van der Waals surface area contributed by atoms with Crippen molar-refractivity contribution >= 4 is 5.91 Å². The van der Waals surface area contributed by atoms with Crippen LogP contribution in [0.4, 0.5) is 0 Å². The molecule has 2 aliphatic rings. The van der Waals surface area contributed by atoms with Crippen LogP contribution in [-0.4, -0.2) is 32.2 Å². The van der Waals surface area contributed by atoms with Crippen LogP contribution in [0.2, 0.25) is 0 Å². The van der Waals surface area contributed by atoms with Crippen LogP contribution < -0.4 is 10.6 Å². The van der Waals surface area contributed by atoms with Crippen molar-refractivity contribution in [1.82, 2.24) is 10.6 Å². The summed E-state index contributed by atoms with van der Waals surface area (Å²) in [7, 11) is 1.96. The third kappa shape index (κ3) is 2.58. The van der Waals surface area contributed by atoms with Gasteiger partial charge in [-0.1, -0.05) is 12.1 Å². The summed E-state index contributed by atoms with van der Waals surface area (Å²) in [5.41, 5.74) is 3.14. The molecule has 0 spiro atoms. The highest BCUT2D eigenvalue weighted by Gasteiger charge is 2.27. The largest absolute Gasteiger partial charge is 0.376 e. The molecule has 1 aromatic rings. The number of hydrogen-bond donors (Lipinski definition) is 2. The van der Waals surface area contributed by atoms with Crippen LogP contribution in [0.5, 0.6) is 0 Å². The third-order valence-electron chi connectivity index (χ3n) is 4.29. The zero-order valence-corrected chi connectivity index (χ0v) is 11.9. The van der Waals surface area contributed by atoms with Crippen LogP contribution in [0.1, 0.15) is 46.8 Å². The lowest BCUT2D eigenvalue weighted by atomic mass is 9.94. The molecule has 0 saturated carbocycles. The highest BCUT2D eigenvalue weighted by Crippen LogP contribution is 2.28. The van der Waals surface area contributed by atoms with Gasteiger partial charge < -0.3 is 15.4 Å². The van der Waals surface area contributed by atoms with Gasteiger partial charge in [-0.3, -0.25) is 4.79 Å². The molecule has 20 heavy (non-hydrogen) atoms. The third-order valence-corrected chi connectivity index (χ3v) is 4.29. The molecule has 2 atom stereocenters. The first-order valence-electron chi connectivity index (χ1n) is 7.49. The molecule has 0 bridgehead atoms. The van der Waals surface area contributed by atoms with Gasteiger partial charge in [-0.05, 0) is 49.9 Å². The van der Waals surface area contributed by atoms with Crippen molar-refractivity contribution in [2.24, 2.45) is 0 Å². The molecule has 2 heterocycles. The average molecular weight is 274 g/mol. The molecule has 1 saturated heterocycles. The Morgan fingerprint density at radius 1 is 1.40 bits per heavy atom. The fraction of sp³-hybridized carbons (Fsp3) is 0.562. The van der Waals surface area contributed by atoms with Gasteiger partial charge in [-0.25, -0.2) is 0 Å². The summed E-state index contributed by atoms with van der Waals surface area (Å²) < 4.78 is 5.79. The van der Waals surface area contributed by atoms with E-state index in [-0.39, 0.29) is 18.1 Å². The summed E-state index contributed by atoms with van der Waals surface area (Å²) in [5.74, 6) is 0.0570. The second-order valence-electron chi connectivity index (χ2n) is 5.59. The fourth-order valence-electron chi connectivity index (χ4n) is 3.23. The van der Waals surface area contributed by atoms with E-state index in [0.717, 1.165) is 55.5 Å². The molecule has 0 radical (unpaired) electrons. The number of fused-ring (bicyclic) bond motifs is 1. The average Bonchev–Trinajstić information content (AvgIpc) is 2.92. The van der Waals surface area contributed by atoms with Gasteiger partial charge in [0, 0.05) is 18.7 Å². The highest BCUT2D eigenvalue weighted by atomic mass is 16.5. The van der Waals surface area contributed by atoms with Crippen molar-refractivity contribution in [2.45, 2.75) is 37.8 Å². The summed E-state index contributed by atoms with van der Waals surface area (Å²) in [6.45, 7) is 1.61. The maximum atomic E-state index is 12.1. The number of ether oxygens (including phenoxy) is 1. The predicted molar refractivity (Wildman–Crippen MR) is 77.9 cm³/mol. The summed E-state index contributed by atoms with van der Waals surface area (Å²) in [4.78, 5) is 12.1. The van der Waals surface area contributed by atoms with Crippen LogP contribution in [0.25, 0.3) is 0 Å². The minimum absolute atomic E-state index is 0.0570. The molecule has 4 nitrogen and oxygen atoms in total. The topological polar surface area (TPSA) is 50.4 Å². The maximum absolute atomic E-state index is 12.1. The van der Waals surface area contributed by atoms with Gasteiger partial charge in [0.05, 0.1) is 12.1 Å². The Labute approximate surface area is 119 Å². The minimum Gasteiger partial charge on any atom is -0.376 e. The van der Waals surface area contributed by atoms with Gasteiger partial charge in [0.2, 0.25) is 0 Å². The van der Waals surface area contributed by atoms with Crippen molar-refractivity contribution in [3.8, 4) is 0 Å². The Balaban J connectivity index is 1.91. The Hall–Kier alpha value is -1.39. The Kier molecular flexibility index (Phi) is 4.03. The lowest BCUT2D eigenvalue weighted by Gasteiger charge is -2.23. The normalized spacial score (nSPS) is 23.9. The number of carbonyl (C=O) groups excluding carboxylic acids is 1. The molecule has 2 N–H and O–H groups in total. The van der Waals surface area contributed by atoms with Crippen LogP contribution >= 0.6 is 0 Å². The second kappa shape index (κ2) is 5.94. The van der Waals surface area contributed by atoms with Crippen molar-refractivity contribution in [2.75, 3.05) is 20.2 Å². The molecular formula is C16H22N2O2. The molecule has 2 aliphatic heterocycles. The number of nitrogens with one attached hydrogen (secondary N) is 2. The van der Waals surface area contributed by atoms with Crippen molar-refractivity contribution < 1.29 is 9.53 Å². The molecule has 1 amide bonds. The standard InChI is InChI=1S/C16H22N2O2/c1-17-15(14-5-3-9-20-14)12-7-6-11-4-2-8-18-16(19)13(11)10-12/h6-7,10,14-15,17H,2-5,8-9H2,1H3,(H,18,19). The van der Waals surface area contributed by atoms with E-state index in [1.165, 1.54) is 0 Å². The number of rotatable bonds is 3. The molecule has 2 unspecified atom stereocenters. The molecule has 0 aromatic heterocycles. The summed E-state index contributed by atoms with van der Waals surface area (Å²) in [5, 5.41) is 6.30. The first kappa shape index (κ1) is 13.6. The molecule has 1 aromatic carbocycles. The molecule has 108 valence electrons. The Bertz CT molecular complexity index is 495. The predicted octanol–water partition coefficient (Wildman–Crippen LogP) is 1.80. The summed E-state index contributed by atoms with van der Waals surface area (Å²) in [6, 6.07) is 6.45. The van der Waals surface area contributed by atoms with E-state index in [9.17, 15) is 4.79 Å². The van der Waals surface area contributed by atoms with Gasteiger partial charge in [0.1, 0.15) is 0 Å². The van der Waals surface area contributed by atoms with Crippen molar-refractivity contribution in [1.29, 1.82) is 0 Å². The van der Waals surface area contributed by atoms with Crippen LogP contribution in [0.3, 0.4) is 0 Å². The van der Waals surface area contributed by atoms with Crippen LogP contribution in [0, 0.1) is 0 Å². The second-order valence-corrected chi connectivity index (χ2v) is 5.59. The fourth-order valence-corrected chi connectivity index (χ4v) is 3.23. The molecule has 4 heteroatoms. The van der Waals surface area contributed by atoms with Gasteiger partial charge in [-0.2, -0.15) is 0 Å².